The molecule has 18 heavy (non-hydrogen) atoms. The van der Waals surface area contributed by atoms with Gasteiger partial charge in [0.25, 0.3) is 0 Å². The number of hydrogen-bond acceptors (Lipinski definition) is 5. The quantitative estimate of drug-likeness (QED) is 0.824. The highest BCUT2D eigenvalue weighted by molar-refractivity contribution is 5.58. The highest BCUT2D eigenvalue weighted by Gasteiger charge is 2.16. The minimum Gasteiger partial charge on any atom is -0.381 e. The van der Waals surface area contributed by atoms with Crippen molar-refractivity contribution in [2.24, 2.45) is 5.92 Å². The second-order valence-corrected chi connectivity index (χ2v) is 4.53. The van der Waals surface area contributed by atoms with Crippen molar-refractivity contribution in [3.8, 4) is 6.07 Å². The van der Waals surface area contributed by atoms with Crippen LogP contribution < -0.4 is 5.48 Å². The van der Waals surface area contributed by atoms with Crippen LogP contribution in [0.3, 0.4) is 0 Å². The van der Waals surface area contributed by atoms with Gasteiger partial charge in [0.05, 0.1) is 30.2 Å². The van der Waals surface area contributed by atoms with E-state index < -0.39 is 0 Å². The van der Waals surface area contributed by atoms with Gasteiger partial charge in [-0.05, 0) is 26.3 Å². The van der Waals surface area contributed by atoms with E-state index in [1.807, 2.05) is 19.9 Å². The van der Waals surface area contributed by atoms with Crippen LogP contribution in [0, 0.1) is 31.1 Å². The summed E-state index contributed by atoms with van der Waals surface area (Å²) < 4.78 is 5.27. The van der Waals surface area contributed by atoms with Crippen molar-refractivity contribution in [2.75, 3.05) is 25.3 Å². The lowest BCUT2D eigenvalue weighted by molar-refractivity contribution is 0.127. The van der Waals surface area contributed by atoms with Gasteiger partial charge in [-0.25, -0.2) is 0 Å². The van der Waals surface area contributed by atoms with Crippen molar-refractivity contribution >= 4 is 5.69 Å². The van der Waals surface area contributed by atoms with Crippen LogP contribution in [0.1, 0.15) is 23.4 Å². The van der Waals surface area contributed by atoms with Crippen LogP contribution in [0.15, 0.2) is 6.07 Å². The highest BCUT2D eigenvalue weighted by Crippen LogP contribution is 2.19. The lowest BCUT2D eigenvalue weighted by atomic mass is 10.1. The SMILES string of the molecule is Cc1cc(NOCC2CCOC2)c(C#N)c(C)n1. The number of hydrogen-bond donors (Lipinski definition) is 1. The van der Waals surface area contributed by atoms with Gasteiger partial charge in [-0.1, -0.05) is 0 Å². The van der Waals surface area contributed by atoms with E-state index in [9.17, 15) is 0 Å². The summed E-state index contributed by atoms with van der Waals surface area (Å²) in [5, 5.41) is 9.10. The molecule has 2 heterocycles. The number of aryl methyl sites for hydroxylation is 2. The Morgan fingerprint density at radius 2 is 2.44 bits per heavy atom. The molecule has 0 spiro atoms. The molecule has 1 aromatic rings. The normalized spacial score (nSPS) is 18.6. The summed E-state index contributed by atoms with van der Waals surface area (Å²) in [5.41, 5.74) is 5.65. The zero-order valence-electron chi connectivity index (χ0n) is 10.7. The first kappa shape index (κ1) is 12.8. The summed E-state index contributed by atoms with van der Waals surface area (Å²) in [6, 6.07) is 3.96. The molecule has 1 aliphatic heterocycles. The number of anilines is 1. The molecule has 0 radical (unpaired) electrons. The Kier molecular flexibility index (Phi) is 4.13. The third-order valence-corrected chi connectivity index (χ3v) is 2.97. The van der Waals surface area contributed by atoms with Crippen LogP contribution >= 0.6 is 0 Å². The molecule has 1 saturated heterocycles. The second-order valence-electron chi connectivity index (χ2n) is 4.53. The number of nitriles is 1. The van der Waals surface area contributed by atoms with Crippen molar-refractivity contribution < 1.29 is 9.57 Å². The Bertz CT molecular complexity index is 462. The summed E-state index contributed by atoms with van der Waals surface area (Å²) in [6.45, 7) is 5.86. The van der Waals surface area contributed by atoms with Gasteiger partial charge < -0.3 is 4.74 Å². The van der Waals surface area contributed by atoms with Gasteiger partial charge in [-0.3, -0.25) is 15.3 Å². The van der Waals surface area contributed by atoms with E-state index in [1.54, 1.807) is 0 Å². The molecule has 1 fully saturated rings. The maximum Gasteiger partial charge on any atom is 0.103 e. The van der Waals surface area contributed by atoms with E-state index in [0.717, 1.165) is 25.3 Å². The molecular formula is C13H17N3O2. The number of aromatic nitrogens is 1. The molecular weight excluding hydrogens is 230 g/mol. The fraction of sp³-hybridized carbons (Fsp3) is 0.538. The number of pyridine rings is 1. The van der Waals surface area contributed by atoms with Gasteiger partial charge in [0.1, 0.15) is 6.07 Å². The van der Waals surface area contributed by atoms with Crippen LogP contribution in [-0.4, -0.2) is 24.8 Å². The fourth-order valence-electron chi connectivity index (χ4n) is 2.00. The lowest BCUT2D eigenvalue weighted by Gasteiger charge is -2.12. The standard InChI is InChI=1S/C13H17N3O2/c1-9-5-13(12(6-14)10(2)15-9)16-18-8-11-3-4-17-7-11/h5,11H,3-4,7-8H2,1-2H3,(H,15,16). The van der Waals surface area contributed by atoms with Crippen molar-refractivity contribution in [1.82, 2.24) is 4.98 Å². The molecule has 1 aliphatic rings. The van der Waals surface area contributed by atoms with Gasteiger partial charge in [0.15, 0.2) is 0 Å². The monoisotopic (exact) mass is 247 g/mol. The Labute approximate surface area is 107 Å². The predicted molar refractivity (Wildman–Crippen MR) is 66.9 cm³/mol. The molecule has 0 amide bonds. The maximum absolute atomic E-state index is 9.10. The zero-order chi connectivity index (χ0) is 13.0. The smallest absolute Gasteiger partial charge is 0.103 e. The third kappa shape index (κ3) is 2.97. The first-order valence-electron chi connectivity index (χ1n) is 6.04. The first-order chi connectivity index (χ1) is 8.70. The van der Waals surface area contributed by atoms with E-state index in [4.69, 9.17) is 14.8 Å². The topological polar surface area (TPSA) is 67.2 Å². The molecule has 1 aromatic heterocycles. The van der Waals surface area contributed by atoms with E-state index in [1.165, 1.54) is 0 Å². The van der Waals surface area contributed by atoms with E-state index in [2.05, 4.69) is 16.5 Å². The molecule has 5 nitrogen and oxygen atoms in total. The summed E-state index contributed by atoms with van der Waals surface area (Å²) in [5.74, 6) is 0.437. The third-order valence-electron chi connectivity index (χ3n) is 2.97. The second kappa shape index (κ2) is 5.80. The number of rotatable bonds is 4. The van der Waals surface area contributed by atoms with E-state index in [0.29, 0.717) is 29.5 Å². The van der Waals surface area contributed by atoms with Gasteiger partial charge >= 0.3 is 0 Å². The summed E-state index contributed by atoms with van der Waals surface area (Å²) in [4.78, 5) is 9.70. The van der Waals surface area contributed by atoms with Crippen LogP contribution in [0.4, 0.5) is 5.69 Å². The van der Waals surface area contributed by atoms with Crippen LogP contribution in [0.25, 0.3) is 0 Å². The van der Waals surface area contributed by atoms with Gasteiger partial charge in [-0.15, -0.1) is 0 Å². The number of nitrogens with zero attached hydrogens (tertiary/aromatic N) is 2. The number of nitrogens with one attached hydrogen (secondary N) is 1. The Morgan fingerprint density at radius 1 is 1.61 bits per heavy atom. The molecule has 0 saturated carbocycles. The Balaban J connectivity index is 1.97. The summed E-state index contributed by atoms with van der Waals surface area (Å²) >= 11 is 0. The minimum absolute atomic E-state index is 0.437. The zero-order valence-corrected chi connectivity index (χ0v) is 10.7. The molecule has 96 valence electrons. The number of ether oxygens (including phenoxy) is 1. The van der Waals surface area contributed by atoms with Crippen molar-refractivity contribution in [3.05, 3.63) is 23.0 Å². The van der Waals surface area contributed by atoms with E-state index >= 15 is 0 Å². The molecule has 5 heteroatoms. The average molecular weight is 247 g/mol. The van der Waals surface area contributed by atoms with Gasteiger partial charge in [0, 0.05) is 18.2 Å². The predicted octanol–water partition coefficient (Wildman–Crippen LogP) is 1.95. The Morgan fingerprint density at radius 3 is 3.11 bits per heavy atom. The summed E-state index contributed by atoms with van der Waals surface area (Å²) in [6.07, 6.45) is 1.03. The lowest BCUT2D eigenvalue weighted by Crippen LogP contribution is -2.14. The van der Waals surface area contributed by atoms with Crippen molar-refractivity contribution in [3.63, 3.8) is 0 Å². The van der Waals surface area contributed by atoms with E-state index in [-0.39, 0.29) is 0 Å². The van der Waals surface area contributed by atoms with Crippen molar-refractivity contribution in [1.29, 1.82) is 5.26 Å². The summed E-state index contributed by atoms with van der Waals surface area (Å²) in [7, 11) is 0. The van der Waals surface area contributed by atoms with Crippen LogP contribution in [-0.2, 0) is 9.57 Å². The molecule has 2 rings (SSSR count). The molecule has 1 N–H and O–H groups in total. The van der Waals surface area contributed by atoms with Crippen LogP contribution in [0.2, 0.25) is 0 Å². The average Bonchev–Trinajstić information content (AvgIpc) is 2.81. The molecule has 0 bridgehead atoms. The molecule has 0 aliphatic carbocycles. The maximum atomic E-state index is 9.10. The van der Waals surface area contributed by atoms with Crippen LogP contribution in [0.5, 0.6) is 0 Å². The van der Waals surface area contributed by atoms with Gasteiger partial charge in [0.2, 0.25) is 0 Å². The molecule has 0 aromatic carbocycles. The highest BCUT2D eigenvalue weighted by atomic mass is 16.6. The largest absolute Gasteiger partial charge is 0.381 e. The minimum atomic E-state index is 0.437. The molecule has 1 unspecified atom stereocenters. The van der Waals surface area contributed by atoms with Gasteiger partial charge in [-0.2, -0.15) is 5.26 Å². The Hall–Kier alpha value is -1.64. The fourth-order valence-corrected chi connectivity index (χ4v) is 2.00. The molecule has 1 atom stereocenters. The van der Waals surface area contributed by atoms with Crippen molar-refractivity contribution in [2.45, 2.75) is 20.3 Å². The first-order valence-corrected chi connectivity index (χ1v) is 6.04.